The number of nitrogens with one attached hydrogen (secondary N) is 2. The minimum atomic E-state index is -1.08. The smallest absolute Gasteiger partial charge is 0.319 e. The molecule has 19 heavy (non-hydrogen) atoms. The predicted molar refractivity (Wildman–Crippen MR) is 75.1 cm³/mol. The van der Waals surface area contributed by atoms with Gasteiger partial charge in [-0.15, -0.1) is 0 Å². The first-order chi connectivity index (χ1) is 9.08. The van der Waals surface area contributed by atoms with Gasteiger partial charge in [0.05, 0.1) is 18.4 Å². The second kappa shape index (κ2) is 5.81. The lowest BCUT2D eigenvalue weighted by molar-refractivity contribution is 0.0604. The molecule has 3 N–H and O–H groups in total. The summed E-state index contributed by atoms with van der Waals surface area (Å²) in [5.74, 6) is 0. The maximum absolute atomic E-state index is 11.7. The highest BCUT2D eigenvalue weighted by Crippen LogP contribution is 2.21. The summed E-state index contributed by atoms with van der Waals surface area (Å²) in [6.07, 6.45) is 3.18. The molecule has 2 rings (SSSR count). The van der Waals surface area contributed by atoms with Crippen molar-refractivity contribution in [2.75, 3.05) is 11.9 Å². The number of aromatic nitrogens is 1. The van der Waals surface area contributed by atoms with E-state index in [0.29, 0.717) is 5.69 Å². The number of nitrogens with zero attached hydrogens (tertiary/aromatic N) is 1. The van der Waals surface area contributed by atoms with Crippen LogP contribution in [0.25, 0.3) is 0 Å². The third kappa shape index (κ3) is 3.77. The Kier molecular flexibility index (Phi) is 4.13. The molecule has 2 aromatic rings. The van der Waals surface area contributed by atoms with Gasteiger partial charge >= 0.3 is 6.03 Å². The molecule has 5 nitrogen and oxygen atoms in total. The van der Waals surface area contributed by atoms with Crippen molar-refractivity contribution >= 4 is 23.1 Å². The average molecular weight is 277 g/mol. The molecule has 0 radical (unpaired) electrons. The maximum atomic E-state index is 11.7. The topological polar surface area (TPSA) is 74.2 Å². The maximum Gasteiger partial charge on any atom is 0.319 e. The minimum Gasteiger partial charge on any atom is -0.384 e. The van der Waals surface area contributed by atoms with Crippen LogP contribution in [0.4, 0.5) is 10.5 Å². The van der Waals surface area contributed by atoms with Crippen molar-refractivity contribution < 1.29 is 9.90 Å². The first-order valence-corrected chi connectivity index (χ1v) is 6.72. The van der Waals surface area contributed by atoms with Gasteiger partial charge in [0.25, 0.3) is 0 Å². The number of anilines is 1. The fourth-order valence-electron chi connectivity index (χ4n) is 1.54. The van der Waals surface area contributed by atoms with E-state index in [0.717, 1.165) is 5.56 Å². The quantitative estimate of drug-likeness (QED) is 0.802. The van der Waals surface area contributed by atoms with E-state index in [9.17, 15) is 9.90 Å². The van der Waals surface area contributed by atoms with Crippen LogP contribution in [0.3, 0.4) is 0 Å². The summed E-state index contributed by atoms with van der Waals surface area (Å²) in [6.45, 7) is 1.80. The second-order valence-electron chi connectivity index (χ2n) is 4.34. The molecule has 2 aromatic heterocycles. The Balaban J connectivity index is 1.87. The Labute approximate surface area is 115 Å². The zero-order chi connectivity index (χ0) is 13.7. The lowest BCUT2D eigenvalue weighted by Gasteiger charge is -2.22. The summed E-state index contributed by atoms with van der Waals surface area (Å²) in [4.78, 5) is 15.6. The van der Waals surface area contributed by atoms with Gasteiger partial charge in [-0.05, 0) is 41.4 Å². The van der Waals surface area contributed by atoms with Gasteiger partial charge in [-0.1, -0.05) is 0 Å². The van der Waals surface area contributed by atoms with Crippen LogP contribution < -0.4 is 10.6 Å². The van der Waals surface area contributed by atoms with Crippen molar-refractivity contribution in [3.63, 3.8) is 0 Å². The molecule has 0 aliphatic carbocycles. The highest BCUT2D eigenvalue weighted by atomic mass is 32.1. The Morgan fingerprint density at radius 2 is 2.37 bits per heavy atom. The van der Waals surface area contributed by atoms with Crippen molar-refractivity contribution in [3.05, 3.63) is 46.9 Å². The SMILES string of the molecule is C[C@@](O)(CNC(=O)Nc1cccnc1)c1ccsc1. The number of pyridine rings is 1. The molecular formula is C13H15N3O2S. The molecule has 2 heterocycles. The molecule has 0 spiro atoms. The average Bonchev–Trinajstić information content (AvgIpc) is 2.92. The van der Waals surface area contributed by atoms with E-state index in [4.69, 9.17) is 0 Å². The van der Waals surface area contributed by atoms with Crippen LogP contribution in [0.1, 0.15) is 12.5 Å². The van der Waals surface area contributed by atoms with E-state index in [2.05, 4.69) is 15.6 Å². The van der Waals surface area contributed by atoms with Gasteiger partial charge in [0, 0.05) is 6.20 Å². The molecule has 2 amide bonds. The molecule has 0 fully saturated rings. The van der Waals surface area contributed by atoms with Gasteiger partial charge in [-0.2, -0.15) is 11.3 Å². The van der Waals surface area contributed by atoms with Crippen LogP contribution in [0.15, 0.2) is 41.4 Å². The Bertz CT molecular complexity index is 526. The lowest BCUT2D eigenvalue weighted by Crippen LogP contribution is -2.40. The molecular weight excluding hydrogens is 262 g/mol. The standard InChI is InChI=1S/C13H15N3O2S/c1-13(18,10-4-6-19-8-10)9-15-12(17)16-11-3-2-5-14-7-11/h2-8,18H,9H2,1H3,(H2,15,16,17)/t13-/m1/s1. The van der Waals surface area contributed by atoms with Crippen LogP contribution in [-0.2, 0) is 5.60 Å². The minimum absolute atomic E-state index is 0.135. The van der Waals surface area contributed by atoms with E-state index in [-0.39, 0.29) is 12.6 Å². The van der Waals surface area contributed by atoms with E-state index in [1.807, 2.05) is 16.8 Å². The Morgan fingerprint density at radius 1 is 1.53 bits per heavy atom. The summed E-state index contributed by atoms with van der Waals surface area (Å²) in [5.41, 5.74) is 0.320. The Hall–Kier alpha value is -1.92. The summed E-state index contributed by atoms with van der Waals surface area (Å²) >= 11 is 1.51. The first-order valence-electron chi connectivity index (χ1n) is 5.78. The van der Waals surface area contributed by atoms with Gasteiger partial charge in [0.15, 0.2) is 0 Å². The van der Waals surface area contributed by atoms with Gasteiger partial charge in [-0.25, -0.2) is 4.79 Å². The number of amides is 2. The fraction of sp³-hybridized carbons (Fsp3) is 0.231. The second-order valence-corrected chi connectivity index (χ2v) is 5.12. The van der Waals surface area contributed by atoms with Crippen molar-refractivity contribution in [1.29, 1.82) is 0 Å². The number of carbonyl (C=O) groups excluding carboxylic acids is 1. The zero-order valence-electron chi connectivity index (χ0n) is 10.5. The number of rotatable bonds is 4. The molecule has 0 aliphatic heterocycles. The van der Waals surface area contributed by atoms with Crippen LogP contribution in [0.2, 0.25) is 0 Å². The number of aliphatic hydroxyl groups is 1. The summed E-state index contributed by atoms with van der Waals surface area (Å²) in [7, 11) is 0. The van der Waals surface area contributed by atoms with Crippen LogP contribution in [0, 0.1) is 0 Å². The van der Waals surface area contributed by atoms with Gasteiger partial charge in [0.1, 0.15) is 5.60 Å². The molecule has 0 saturated heterocycles. The molecule has 0 aromatic carbocycles. The number of hydrogen-bond donors (Lipinski definition) is 3. The normalized spacial score (nSPS) is 13.6. The van der Waals surface area contributed by atoms with E-state index in [1.165, 1.54) is 11.3 Å². The molecule has 1 atom stereocenters. The number of thiophene rings is 1. The highest BCUT2D eigenvalue weighted by Gasteiger charge is 2.24. The van der Waals surface area contributed by atoms with Crippen molar-refractivity contribution in [2.45, 2.75) is 12.5 Å². The lowest BCUT2D eigenvalue weighted by atomic mass is 9.99. The number of urea groups is 1. The van der Waals surface area contributed by atoms with Gasteiger partial charge in [0.2, 0.25) is 0 Å². The van der Waals surface area contributed by atoms with E-state index < -0.39 is 5.60 Å². The third-order valence-corrected chi connectivity index (χ3v) is 3.34. The van der Waals surface area contributed by atoms with Gasteiger partial charge in [-0.3, -0.25) is 4.98 Å². The van der Waals surface area contributed by atoms with E-state index in [1.54, 1.807) is 31.5 Å². The number of carbonyl (C=O) groups is 1. The predicted octanol–water partition coefficient (Wildman–Crippen LogP) is 2.17. The molecule has 100 valence electrons. The van der Waals surface area contributed by atoms with E-state index >= 15 is 0 Å². The first kappa shape index (κ1) is 13.5. The molecule has 0 unspecified atom stereocenters. The van der Waals surface area contributed by atoms with Crippen molar-refractivity contribution in [2.24, 2.45) is 0 Å². The fourth-order valence-corrected chi connectivity index (χ4v) is 2.32. The summed E-state index contributed by atoms with van der Waals surface area (Å²) in [6, 6.07) is 4.94. The van der Waals surface area contributed by atoms with Crippen LogP contribution in [-0.4, -0.2) is 22.7 Å². The van der Waals surface area contributed by atoms with Crippen LogP contribution in [0.5, 0.6) is 0 Å². The molecule has 0 aliphatic rings. The Morgan fingerprint density at radius 3 is 3.00 bits per heavy atom. The molecule has 0 saturated carbocycles. The van der Waals surface area contributed by atoms with Crippen LogP contribution >= 0.6 is 11.3 Å². The summed E-state index contributed by atoms with van der Waals surface area (Å²) in [5, 5.41) is 19.3. The third-order valence-electron chi connectivity index (χ3n) is 2.66. The van der Waals surface area contributed by atoms with Crippen molar-refractivity contribution in [1.82, 2.24) is 10.3 Å². The summed E-state index contributed by atoms with van der Waals surface area (Å²) < 4.78 is 0. The largest absolute Gasteiger partial charge is 0.384 e. The molecule has 0 bridgehead atoms. The number of hydrogen-bond acceptors (Lipinski definition) is 4. The zero-order valence-corrected chi connectivity index (χ0v) is 11.3. The van der Waals surface area contributed by atoms with Gasteiger partial charge < -0.3 is 15.7 Å². The highest BCUT2D eigenvalue weighted by molar-refractivity contribution is 7.08. The van der Waals surface area contributed by atoms with Crippen molar-refractivity contribution in [3.8, 4) is 0 Å². The molecule has 6 heteroatoms. The monoisotopic (exact) mass is 277 g/mol.